The summed E-state index contributed by atoms with van der Waals surface area (Å²) in [6, 6.07) is 12.9. The normalized spacial score (nSPS) is 14.7. The molecule has 6 heteroatoms. The van der Waals surface area contributed by atoms with Gasteiger partial charge in [0.15, 0.2) is 5.76 Å². The van der Waals surface area contributed by atoms with Gasteiger partial charge in [0.1, 0.15) is 0 Å². The topological polar surface area (TPSA) is 77.5 Å². The van der Waals surface area contributed by atoms with Gasteiger partial charge in [0.25, 0.3) is 5.91 Å². The second-order valence-electron chi connectivity index (χ2n) is 7.41. The molecule has 1 fully saturated rings. The van der Waals surface area contributed by atoms with Crippen molar-refractivity contribution in [3.8, 4) is 6.07 Å². The molecule has 0 aliphatic carbocycles. The number of hydrogen-bond donors (Lipinski definition) is 0. The molecule has 0 saturated carbocycles. The number of furan rings is 1. The first kappa shape index (κ1) is 19.7. The van der Waals surface area contributed by atoms with Gasteiger partial charge in [-0.2, -0.15) is 5.26 Å². The predicted molar refractivity (Wildman–Crippen MR) is 104 cm³/mol. The molecule has 0 atom stereocenters. The Hall–Kier alpha value is -3.07. The van der Waals surface area contributed by atoms with Gasteiger partial charge in [-0.1, -0.05) is 12.1 Å². The molecule has 0 N–H and O–H groups in total. The highest BCUT2D eigenvalue weighted by Crippen LogP contribution is 2.23. The zero-order chi connectivity index (χ0) is 20.1. The average molecular weight is 379 g/mol. The maximum absolute atomic E-state index is 13.1. The average Bonchev–Trinajstić information content (AvgIpc) is 3.26. The highest BCUT2D eigenvalue weighted by molar-refractivity contribution is 5.91. The van der Waals surface area contributed by atoms with E-state index in [9.17, 15) is 9.59 Å². The van der Waals surface area contributed by atoms with Gasteiger partial charge < -0.3 is 14.2 Å². The molecule has 2 aromatic rings. The van der Waals surface area contributed by atoms with Gasteiger partial charge in [0.05, 0.1) is 17.9 Å². The molecule has 2 heterocycles. The number of carbonyl (C=O) groups excluding carboxylic acids is 2. The fraction of sp³-hybridized carbons (Fsp3) is 0.409. The number of hydrogen-bond acceptors (Lipinski definition) is 4. The summed E-state index contributed by atoms with van der Waals surface area (Å²) in [7, 11) is 0. The Balaban J connectivity index is 1.61. The van der Waals surface area contributed by atoms with Gasteiger partial charge in [-0.05, 0) is 56.5 Å². The third-order valence-corrected chi connectivity index (χ3v) is 5.21. The molecule has 1 aliphatic rings. The van der Waals surface area contributed by atoms with Crippen molar-refractivity contribution in [3.05, 3.63) is 59.5 Å². The highest BCUT2D eigenvalue weighted by Gasteiger charge is 2.32. The van der Waals surface area contributed by atoms with Gasteiger partial charge in [-0.3, -0.25) is 9.59 Å². The quantitative estimate of drug-likeness (QED) is 0.797. The molecule has 0 radical (unpaired) electrons. The van der Waals surface area contributed by atoms with Crippen LogP contribution in [0.15, 0.2) is 47.1 Å². The molecular weight excluding hydrogens is 354 g/mol. The van der Waals surface area contributed by atoms with E-state index in [1.807, 2.05) is 30.9 Å². The molecule has 1 aliphatic heterocycles. The highest BCUT2D eigenvalue weighted by atomic mass is 16.3. The number of nitrogens with zero attached hydrogens (tertiary/aromatic N) is 3. The minimum atomic E-state index is -0.116. The zero-order valence-electron chi connectivity index (χ0n) is 16.3. The van der Waals surface area contributed by atoms with Gasteiger partial charge in [0.2, 0.25) is 5.91 Å². The molecule has 28 heavy (non-hydrogen) atoms. The van der Waals surface area contributed by atoms with Crippen LogP contribution in [0.1, 0.15) is 48.4 Å². The van der Waals surface area contributed by atoms with Crippen LogP contribution in [0.3, 0.4) is 0 Å². The lowest BCUT2D eigenvalue weighted by atomic mass is 9.94. The lowest BCUT2D eigenvalue weighted by molar-refractivity contribution is -0.139. The number of amides is 2. The summed E-state index contributed by atoms with van der Waals surface area (Å²) in [5.74, 6) is 0.273. The molecule has 146 valence electrons. The molecule has 0 bridgehead atoms. The van der Waals surface area contributed by atoms with Crippen molar-refractivity contribution in [2.45, 2.75) is 39.3 Å². The summed E-state index contributed by atoms with van der Waals surface area (Å²) in [5, 5.41) is 8.93. The van der Waals surface area contributed by atoms with Gasteiger partial charge in [-0.15, -0.1) is 0 Å². The van der Waals surface area contributed by atoms with E-state index in [0.29, 0.717) is 43.8 Å². The Kier molecular flexibility index (Phi) is 6.15. The van der Waals surface area contributed by atoms with E-state index in [1.165, 1.54) is 6.26 Å². The van der Waals surface area contributed by atoms with E-state index < -0.39 is 0 Å². The van der Waals surface area contributed by atoms with Crippen LogP contribution in [0, 0.1) is 17.2 Å². The molecule has 0 unspecified atom stereocenters. The second-order valence-corrected chi connectivity index (χ2v) is 7.41. The Morgan fingerprint density at radius 1 is 1.21 bits per heavy atom. The third kappa shape index (κ3) is 4.42. The fourth-order valence-electron chi connectivity index (χ4n) is 3.52. The lowest BCUT2D eigenvalue weighted by Crippen LogP contribution is -2.46. The summed E-state index contributed by atoms with van der Waals surface area (Å²) < 4.78 is 5.19. The van der Waals surface area contributed by atoms with Crippen LogP contribution in [0.5, 0.6) is 0 Å². The second kappa shape index (κ2) is 8.75. The number of likely N-dealkylation sites (tertiary alicyclic amines) is 1. The molecule has 1 aromatic carbocycles. The number of nitriles is 1. The fourth-order valence-corrected chi connectivity index (χ4v) is 3.52. The molecule has 0 spiro atoms. The minimum Gasteiger partial charge on any atom is -0.459 e. The Bertz CT molecular complexity index is 842. The first-order valence-electron chi connectivity index (χ1n) is 9.62. The number of rotatable bonds is 5. The van der Waals surface area contributed by atoms with Crippen LogP contribution in [-0.2, 0) is 11.3 Å². The molecule has 2 amide bonds. The maximum atomic E-state index is 13.1. The van der Waals surface area contributed by atoms with Crippen LogP contribution < -0.4 is 0 Å². The van der Waals surface area contributed by atoms with Crippen molar-refractivity contribution in [1.29, 1.82) is 5.26 Å². The van der Waals surface area contributed by atoms with Crippen LogP contribution in [0.2, 0.25) is 0 Å². The summed E-state index contributed by atoms with van der Waals surface area (Å²) in [6.07, 6.45) is 2.80. The van der Waals surface area contributed by atoms with Gasteiger partial charge in [0, 0.05) is 31.6 Å². The monoisotopic (exact) mass is 379 g/mol. The van der Waals surface area contributed by atoms with Crippen molar-refractivity contribution in [1.82, 2.24) is 9.80 Å². The summed E-state index contributed by atoms with van der Waals surface area (Å²) in [4.78, 5) is 29.1. The van der Waals surface area contributed by atoms with Crippen LogP contribution in [-0.4, -0.2) is 40.7 Å². The van der Waals surface area contributed by atoms with E-state index in [0.717, 1.165) is 5.56 Å². The smallest absolute Gasteiger partial charge is 0.289 e. The van der Waals surface area contributed by atoms with E-state index in [1.54, 1.807) is 29.2 Å². The van der Waals surface area contributed by atoms with Gasteiger partial charge in [-0.25, -0.2) is 0 Å². The Morgan fingerprint density at radius 3 is 2.43 bits per heavy atom. The van der Waals surface area contributed by atoms with E-state index in [-0.39, 0.29) is 23.8 Å². The molecular formula is C22H25N3O3. The van der Waals surface area contributed by atoms with Crippen LogP contribution in [0.25, 0.3) is 0 Å². The van der Waals surface area contributed by atoms with Gasteiger partial charge >= 0.3 is 0 Å². The van der Waals surface area contributed by atoms with Crippen LogP contribution >= 0.6 is 0 Å². The lowest BCUT2D eigenvalue weighted by Gasteiger charge is -2.35. The first-order valence-corrected chi connectivity index (χ1v) is 9.62. The third-order valence-electron chi connectivity index (χ3n) is 5.21. The summed E-state index contributed by atoms with van der Waals surface area (Å²) in [6.45, 7) is 5.65. The standard InChI is InChI=1S/C22H25N3O3/c1-16(2)25(15-18-7-5-17(14-23)6-8-18)21(26)19-9-11-24(12-10-19)22(27)20-4-3-13-28-20/h3-8,13,16,19H,9-12,15H2,1-2H3. The van der Waals surface area contributed by atoms with Crippen molar-refractivity contribution < 1.29 is 14.0 Å². The van der Waals surface area contributed by atoms with E-state index in [4.69, 9.17) is 9.68 Å². The summed E-state index contributed by atoms with van der Waals surface area (Å²) >= 11 is 0. The van der Waals surface area contributed by atoms with E-state index >= 15 is 0 Å². The molecule has 3 rings (SSSR count). The van der Waals surface area contributed by atoms with E-state index in [2.05, 4.69) is 6.07 Å². The van der Waals surface area contributed by atoms with Crippen LogP contribution in [0.4, 0.5) is 0 Å². The number of benzene rings is 1. The number of piperidine rings is 1. The largest absolute Gasteiger partial charge is 0.459 e. The first-order chi connectivity index (χ1) is 13.5. The SMILES string of the molecule is CC(C)N(Cc1ccc(C#N)cc1)C(=O)C1CCN(C(=O)c2ccco2)CC1. The molecule has 1 saturated heterocycles. The minimum absolute atomic E-state index is 0.0749. The van der Waals surface area contributed by atoms with Crippen molar-refractivity contribution >= 4 is 11.8 Å². The Labute approximate surface area is 165 Å². The molecule has 6 nitrogen and oxygen atoms in total. The zero-order valence-corrected chi connectivity index (χ0v) is 16.3. The Morgan fingerprint density at radius 2 is 1.89 bits per heavy atom. The van der Waals surface area contributed by atoms with Crippen molar-refractivity contribution in [2.24, 2.45) is 5.92 Å². The number of carbonyl (C=O) groups is 2. The summed E-state index contributed by atoms with van der Waals surface area (Å²) in [5.41, 5.74) is 1.62. The molecule has 1 aromatic heterocycles. The maximum Gasteiger partial charge on any atom is 0.289 e. The predicted octanol–water partition coefficient (Wildman–Crippen LogP) is 3.44. The van der Waals surface area contributed by atoms with Crippen molar-refractivity contribution in [2.75, 3.05) is 13.1 Å². The van der Waals surface area contributed by atoms with Crippen molar-refractivity contribution in [3.63, 3.8) is 0 Å².